The molecule has 0 radical (unpaired) electrons. The molecule has 0 saturated carbocycles. The first-order chi connectivity index (χ1) is 5.99. The van der Waals surface area contributed by atoms with E-state index < -0.39 is 11.9 Å². The number of nitrogens with two attached hydrogens (primary N) is 1. The number of carboxylic acid groups (broad SMARTS) is 1. The Balaban J connectivity index is 4.10. The SMILES string of the molecule is CCSC(N)CC(C(C)=O)C(=O)O. The van der Waals surface area contributed by atoms with Gasteiger partial charge in [0.25, 0.3) is 0 Å². The van der Waals surface area contributed by atoms with Crippen molar-refractivity contribution in [1.29, 1.82) is 0 Å². The van der Waals surface area contributed by atoms with Crippen LogP contribution in [0, 0.1) is 5.92 Å². The van der Waals surface area contributed by atoms with Gasteiger partial charge in [0.05, 0.1) is 5.37 Å². The van der Waals surface area contributed by atoms with Crippen molar-refractivity contribution in [3.63, 3.8) is 0 Å². The Morgan fingerprint density at radius 1 is 1.54 bits per heavy atom. The van der Waals surface area contributed by atoms with Crippen LogP contribution in [0.1, 0.15) is 20.3 Å². The van der Waals surface area contributed by atoms with E-state index in [-0.39, 0.29) is 17.6 Å². The van der Waals surface area contributed by atoms with Crippen LogP contribution < -0.4 is 5.73 Å². The molecule has 4 nitrogen and oxygen atoms in total. The lowest BCUT2D eigenvalue weighted by atomic mass is 10.0. The fraction of sp³-hybridized carbons (Fsp3) is 0.750. The first-order valence-corrected chi connectivity index (χ1v) is 5.14. The minimum Gasteiger partial charge on any atom is -0.481 e. The van der Waals surface area contributed by atoms with Gasteiger partial charge in [0, 0.05) is 0 Å². The van der Waals surface area contributed by atoms with E-state index in [1.165, 1.54) is 18.7 Å². The molecule has 0 aliphatic carbocycles. The molecule has 2 atom stereocenters. The van der Waals surface area contributed by atoms with Crippen molar-refractivity contribution in [2.75, 3.05) is 5.75 Å². The first kappa shape index (κ1) is 12.4. The Hall–Kier alpha value is -0.550. The Morgan fingerprint density at radius 3 is 2.38 bits per heavy atom. The van der Waals surface area contributed by atoms with Crippen LogP contribution in [0.5, 0.6) is 0 Å². The molecule has 0 aromatic carbocycles. The lowest BCUT2D eigenvalue weighted by Crippen LogP contribution is -2.29. The van der Waals surface area contributed by atoms with Crippen LogP contribution in [0.15, 0.2) is 0 Å². The first-order valence-electron chi connectivity index (χ1n) is 4.09. The summed E-state index contributed by atoms with van der Waals surface area (Å²) in [6, 6.07) is 0. The van der Waals surface area contributed by atoms with Gasteiger partial charge < -0.3 is 10.8 Å². The van der Waals surface area contributed by atoms with Crippen molar-refractivity contribution in [1.82, 2.24) is 0 Å². The summed E-state index contributed by atoms with van der Waals surface area (Å²) >= 11 is 1.46. The van der Waals surface area contributed by atoms with E-state index in [2.05, 4.69) is 0 Å². The second-order valence-electron chi connectivity index (χ2n) is 2.73. The molecule has 0 aliphatic rings. The Bertz CT molecular complexity index is 182. The van der Waals surface area contributed by atoms with Crippen LogP contribution in [-0.2, 0) is 9.59 Å². The molecule has 0 amide bonds. The minimum atomic E-state index is -1.08. The van der Waals surface area contributed by atoms with Crippen LogP contribution in [-0.4, -0.2) is 28.0 Å². The molecule has 0 bridgehead atoms. The normalized spacial score (nSPS) is 15.0. The number of carbonyl (C=O) groups is 2. The summed E-state index contributed by atoms with van der Waals surface area (Å²) in [7, 11) is 0. The average molecular weight is 205 g/mol. The number of carboxylic acids is 1. The fourth-order valence-corrected chi connectivity index (χ4v) is 1.71. The van der Waals surface area contributed by atoms with Gasteiger partial charge in [-0.15, -0.1) is 11.8 Å². The van der Waals surface area contributed by atoms with Gasteiger partial charge in [0.2, 0.25) is 0 Å². The van der Waals surface area contributed by atoms with E-state index in [9.17, 15) is 9.59 Å². The highest BCUT2D eigenvalue weighted by molar-refractivity contribution is 7.99. The van der Waals surface area contributed by atoms with Crippen LogP contribution in [0.2, 0.25) is 0 Å². The van der Waals surface area contributed by atoms with Crippen molar-refractivity contribution in [2.45, 2.75) is 25.6 Å². The summed E-state index contributed by atoms with van der Waals surface area (Å²) in [6.45, 7) is 3.22. The van der Waals surface area contributed by atoms with Gasteiger partial charge in [0.15, 0.2) is 0 Å². The van der Waals surface area contributed by atoms with Crippen molar-refractivity contribution in [3.05, 3.63) is 0 Å². The third kappa shape index (κ3) is 4.90. The lowest BCUT2D eigenvalue weighted by Gasteiger charge is -2.13. The van der Waals surface area contributed by atoms with Crippen molar-refractivity contribution < 1.29 is 14.7 Å². The number of aliphatic carboxylic acids is 1. The summed E-state index contributed by atoms with van der Waals surface area (Å²) in [5, 5.41) is 8.41. The maximum absolute atomic E-state index is 10.9. The molecule has 0 saturated heterocycles. The van der Waals surface area contributed by atoms with Crippen LogP contribution in [0.4, 0.5) is 0 Å². The standard InChI is InChI=1S/C8H15NO3S/c1-3-13-7(9)4-6(5(2)10)8(11)12/h6-7H,3-4,9H2,1-2H3,(H,11,12). The Labute approximate surface area is 81.9 Å². The third-order valence-corrected chi connectivity index (χ3v) is 2.59. The number of hydrogen-bond donors (Lipinski definition) is 2. The summed E-state index contributed by atoms with van der Waals surface area (Å²) in [5.74, 6) is -1.54. The largest absolute Gasteiger partial charge is 0.481 e. The summed E-state index contributed by atoms with van der Waals surface area (Å²) in [4.78, 5) is 21.5. The molecule has 0 aromatic rings. The fourth-order valence-electron chi connectivity index (χ4n) is 0.955. The predicted molar refractivity (Wildman–Crippen MR) is 52.5 cm³/mol. The number of carbonyl (C=O) groups excluding carboxylic acids is 1. The van der Waals surface area contributed by atoms with Gasteiger partial charge in [-0.05, 0) is 19.1 Å². The molecule has 5 heteroatoms. The maximum Gasteiger partial charge on any atom is 0.314 e. The molecular formula is C8H15NO3S. The third-order valence-electron chi connectivity index (χ3n) is 1.64. The molecule has 0 spiro atoms. The Morgan fingerprint density at radius 2 is 2.08 bits per heavy atom. The molecule has 0 rings (SSSR count). The number of ketones is 1. The van der Waals surface area contributed by atoms with Gasteiger partial charge in [-0.25, -0.2) is 0 Å². The van der Waals surface area contributed by atoms with Crippen LogP contribution in [0.3, 0.4) is 0 Å². The van der Waals surface area contributed by atoms with Crippen molar-refractivity contribution >= 4 is 23.5 Å². The van der Waals surface area contributed by atoms with Gasteiger partial charge in [-0.3, -0.25) is 9.59 Å². The van der Waals surface area contributed by atoms with Crippen LogP contribution in [0.25, 0.3) is 0 Å². The lowest BCUT2D eigenvalue weighted by molar-refractivity contribution is -0.145. The second kappa shape index (κ2) is 5.99. The number of Topliss-reactive ketones (excluding diaryl/α,β-unsaturated/α-hetero) is 1. The second-order valence-corrected chi connectivity index (χ2v) is 4.25. The molecular weight excluding hydrogens is 190 g/mol. The van der Waals surface area contributed by atoms with Gasteiger partial charge in [-0.2, -0.15) is 0 Å². The van der Waals surface area contributed by atoms with E-state index >= 15 is 0 Å². The number of rotatable bonds is 6. The zero-order chi connectivity index (χ0) is 10.4. The molecule has 0 aromatic heterocycles. The summed E-state index contributed by atoms with van der Waals surface area (Å²) in [6.07, 6.45) is 0.211. The maximum atomic E-state index is 10.9. The molecule has 2 unspecified atom stereocenters. The van der Waals surface area contributed by atoms with Crippen molar-refractivity contribution in [3.8, 4) is 0 Å². The quantitative estimate of drug-likeness (QED) is 0.493. The van der Waals surface area contributed by atoms with Gasteiger partial charge in [0.1, 0.15) is 11.7 Å². The highest BCUT2D eigenvalue weighted by Crippen LogP contribution is 2.15. The smallest absolute Gasteiger partial charge is 0.314 e. The number of thioether (sulfide) groups is 1. The van der Waals surface area contributed by atoms with Gasteiger partial charge in [-0.1, -0.05) is 6.92 Å². The van der Waals surface area contributed by atoms with Crippen LogP contribution >= 0.6 is 11.8 Å². The zero-order valence-corrected chi connectivity index (χ0v) is 8.63. The highest BCUT2D eigenvalue weighted by atomic mass is 32.2. The van der Waals surface area contributed by atoms with E-state index in [4.69, 9.17) is 10.8 Å². The van der Waals surface area contributed by atoms with E-state index in [0.717, 1.165) is 5.75 Å². The monoisotopic (exact) mass is 205 g/mol. The molecule has 3 N–H and O–H groups in total. The van der Waals surface area contributed by atoms with Crippen molar-refractivity contribution in [2.24, 2.45) is 11.7 Å². The molecule has 0 heterocycles. The van der Waals surface area contributed by atoms with E-state index in [1.807, 2.05) is 6.92 Å². The topological polar surface area (TPSA) is 80.4 Å². The predicted octanol–water partition coefficient (Wildman–Crippen LogP) is 0.704. The summed E-state index contributed by atoms with van der Waals surface area (Å²) < 4.78 is 0. The average Bonchev–Trinajstić information content (AvgIpc) is 1.99. The van der Waals surface area contributed by atoms with Gasteiger partial charge >= 0.3 is 5.97 Å². The molecule has 13 heavy (non-hydrogen) atoms. The highest BCUT2D eigenvalue weighted by Gasteiger charge is 2.24. The zero-order valence-electron chi connectivity index (χ0n) is 7.82. The van der Waals surface area contributed by atoms with E-state index in [0.29, 0.717) is 0 Å². The van der Waals surface area contributed by atoms with E-state index in [1.54, 1.807) is 0 Å². The minimum absolute atomic E-state index is 0.211. The molecule has 0 aliphatic heterocycles. The molecule has 76 valence electrons. The summed E-state index contributed by atoms with van der Waals surface area (Å²) in [5.41, 5.74) is 5.61. The Kier molecular flexibility index (Phi) is 5.73. The molecule has 0 fully saturated rings. The number of hydrogen-bond acceptors (Lipinski definition) is 4.